The molecule has 0 radical (unpaired) electrons. The fraction of sp³-hybridized carbons (Fsp3) is 0.462. The number of alkyl halides is 3. The molecule has 0 amide bonds. The first kappa shape index (κ1) is 15.5. The van der Waals surface area contributed by atoms with E-state index in [0.29, 0.717) is 5.56 Å². The predicted molar refractivity (Wildman–Crippen MR) is 64.3 cm³/mol. The molecule has 0 fully saturated rings. The highest BCUT2D eigenvalue weighted by molar-refractivity contribution is 5.72. The molecule has 0 aliphatic heterocycles. The van der Waals surface area contributed by atoms with Crippen LogP contribution in [0.3, 0.4) is 0 Å². The largest absolute Gasteiger partial charge is 0.469 e. The van der Waals surface area contributed by atoms with Gasteiger partial charge < -0.3 is 10.1 Å². The van der Waals surface area contributed by atoms with Crippen molar-refractivity contribution >= 4 is 5.97 Å². The van der Waals surface area contributed by atoms with E-state index in [2.05, 4.69) is 10.1 Å². The third-order valence-corrected chi connectivity index (χ3v) is 2.79. The lowest BCUT2D eigenvalue weighted by molar-refractivity contribution is -0.179. The minimum absolute atomic E-state index is 0.0341. The quantitative estimate of drug-likeness (QED) is 0.839. The molecule has 6 heteroatoms. The highest BCUT2D eigenvalue weighted by atomic mass is 19.4. The van der Waals surface area contributed by atoms with Crippen LogP contribution in [0.25, 0.3) is 0 Å². The zero-order valence-electron chi connectivity index (χ0n) is 10.7. The Balaban J connectivity index is 2.74. The standard InChI is InChI=1S/C13H16F3NO2/c1-9(12(18)19-2)11(13(14,15)16)17-8-10-6-4-3-5-7-10/h3-7,9,11,17H,8H2,1-2H3/t9-,11-/m0/s1. The lowest BCUT2D eigenvalue weighted by atomic mass is 10.0. The first-order chi connectivity index (χ1) is 8.86. The summed E-state index contributed by atoms with van der Waals surface area (Å²) in [4.78, 5) is 11.2. The first-order valence-corrected chi connectivity index (χ1v) is 5.78. The summed E-state index contributed by atoms with van der Waals surface area (Å²) >= 11 is 0. The van der Waals surface area contributed by atoms with E-state index < -0.39 is 24.1 Å². The maximum atomic E-state index is 12.9. The van der Waals surface area contributed by atoms with Gasteiger partial charge in [-0.1, -0.05) is 37.3 Å². The third-order valence-electron chi connectivity index (χ3n) is 2.79. The van der Waals surface area contributed by atoms with E-state index in [0.717, 1.165) is 7.11 Å². The molecule has 1 N–H and O–H groups in total. The predicted octanol–water partition coefficient (Wildman–Crippen LogP) is 2.52. The monoisotopic (exact) mass is 275 g/mol. The number of benzene rings is 1. The number of nitrogens with one attached hydrogen (secondary N) is 1. The molecule has 3 nitrogen and oxygen atoms in total. The van der Waals surface area contributed by atoms with Crippen LogP contribution in [0, 0.1) is 5.92 Å². The van der Waals surface area contributed by atoms with Gasteiger partial charge in [0, 0.05) is 6.54 Å². The number of rotatable bonds is 5. The zero-order valence-corrected chi connectivity index (χ0v) is 10.7. The van der Waals surface area contributed by atoms with Crippen LogP contribution >= 0.6 is 0 Å². The van der Waals surface area contributed by atoms with E-state index in [4.69, 9.17) is 0 Å². The minimum atomic E-state index is -4.51. The smallest absolute Gasteiger partial charge is 0.404 e. The van der Waals surface area contributed by atoms with E-state index in [1.807, 2.05) is 0 Å². The Labute approximate surface area is 109 Å². The number of methoxy groups -OCH3 is 1. The molecule has 0 aliphatic rings. The van der Waals surface area contributed by atoms with Crippen molar-refractivity contribution in [2.45, 2.75) is 25.7 Å². The second-order valence-electron chi connectivity index (χ2n) is 4.20. The van der Waals surface area contributed by atoms with Crippen LogP contribution in [0.1, 0.15) is 12.5 Å². The highest BCUT2D eigenvalue weighted by Gasteiger charge is 2.45. The molecule has 1 aromatic carbocycles. The van der Waals surface area contributed by atoms with Gasteiger partial charge in [-0.05, 0) is 5.56 Å². The number of carbonyl (C=O) groups is 1. The van der Waals surface area contributed by atoms with Crippen molar-refractivity contribution in [2.75, 3.05) is 7.11 Å². The van der Waals surface area contributed by atoms with Crippen LogP contribution in [0.5, 0.6) is 0 Å². The number of carbonyl (C=O) groups excluding carboxylic acids is 1. The van der Waals surface area contributed by atoms with E-state index >= 15 is 0 Å². The van der Waals surface area contributed by atoms with Gasteiger partial charge in [0.1, 0.15) is 6.04 Å². The number of halogens is 3. The van der Waals surface area contributed by atoms with Gasteiger partial charge in [0.15, 0.2) is 0 Å². The van der Waals surface area contributed by atoms with Crippen LogP contribution in [-0.4, -0.2) is 25.3 Å². The van der Waals surface area contributed by atoms with E-state index in [1.54, 1.807) is 30.3 Å². The summed E-state index contributed by atoms with van der Waals surface area (Å²) in [5, 5.41) is 2.37. The Morgan fingerprint density at radius 1 is 1.32 bits per heavy atom. The van der Waals surface area contributed by atoms with Crippen LogP contribution in [0.4, 0.5) is 13.2 Å². The summed E-state index contributed by atoms with van der Waals surface area (Å²) in [5.41, 5.74) is 0.716. The van der Waals surface area contributed by atoms with Crippen LogP contribution < -0.4 is 5.32 Å². The second-order valence-corrected chi connectivity index (χ2v) is 4.20. The molecule has 0 saturated carbocycles. The van der Waals surface area contributed by atoms with E-state index in [-0.39, 0.29) is 6.54 Å². The topological polar surface area (TPSA) is 38.3 Å². The SMILES string of the molecule is COC(=O)[C@@H](C)[C@H](NCc1ccccc1)C(F)(F)F. The lowest BCUT2D eigenvalue weighted by Crippen LogP contribution is -2.49. The Morgan fingerprint density at radius 2 is 1.89 bits per heavy atom. The summed E-state index contributed by atoms with van der Waals surface area (Å²) in [6, 6.07) is 6.75. The van der Waals surface area contributed by atoms with Gasteiger partial charge in [-0.2, -0.15) is 13.2 Å². The van der Waals surface area contributed by atoms with Gasteiger partial charge in [-0.15, -0.1) is 0 Å². The average molecular weight is 275 g/mol. The maximum absolute atomic E-state index is 12.9. The lowest BCUT2D eigenvalue weighted by Gasteiger charge is -2.25. The molecule has 0 spiro atoms. The van der Waals surface area contributed by atoms with Crippen molar-refractivity contribution < 1.29 is 22.7 Å². The van der Waals surface area contributed by atoms with Crippen molar-refractivity contribution in [3.8, 4) is 0 Å². The van der Waals surface area contributed by atoms with Crippen molar-refractivity contribution in [1.29, 1.82) is 0 Å². The third kappa shape index (κ3) is 4.55. The van der Waals surface area contributed by atoms with Crippen molar-refractivity contribution in [3.63, 3.8) is 0 Å². The van der Waals surface area contributed by atoms with Gasteiger partial charge in [0.25, 0.3) is 0 Å². The Morgan fingerprint density at radius 3 is 2.37 bits per heavy atom. The number of hydrogen-bond acceptors (Lipinski definition) is 3. The van der Waals surface area contributed by atoms with Crippen molar-refractivity contribution in [1.82, 2.24) is 5.32 Å². The van der Waals surface area contributed by atoms with Gasteiger partial charge in [0.2, 0.25) is 0 Å². The van der Waals surface area contributed by atoms with Crippen LogP contribution in [-0.2, 0) is 16.1 Å². The minimum Gasteiger partial charge on any atom is -0.469 e. The van der Waals surface area contributed by atoms with Crippen molar-refractivity contribution in [2.24, 2.45) is 5.92 Å². The Hall–Kier alpha value is -1.56. The fourth-order valence-electron chi connectivity index (χ4n) is 1.72. The molecule has 1 aromatic rings. The summed E-state index contributed by atoms with van der Waals surface area (Å²) in [6.07, 6.45) is -4.51. The normalized spacial score (nSPS) is 14.8. The first-order valence-electron chi connectivity index (χ1n) is 5.78. The van der Waals surface area contributed by atoms with E-state index in [1.165, 1.54) is 6.92 Å². The fourth-order valence-corrected chi connectivity index (χ4v) is 1.72. The van der Waals surface area contributed by atoms with Crippen molar-refractivity contribution in [3.05, 3.63) is 35.9 Å². The molecule has 0 bridgehead atoms. The number of hydrogen-bond donors (Lipinski definition) is 1. The van der Waals surface area contributed by atoms with Gasteiger partial charge >= 0.3 is 12.1 Å². The molecular weight excluding hydrogens is 259 g/mol. The van der Waals surface area contributed by atoms with Gasteiger partial charge in [0.05, 0.1) is 13.0 Å². The maximum Gasteiger partial charge on any atom is 0.404 e. The molecule has 0 aliphatic carbocycles. The number of esters is 1. The van der Waals surface area contributed by atoms with E-state index in [9.17, 15) is 18.0 Å². The van der Waals surface area contributed by atoms with Gasteiger partial charge in [-0.3, -0.25) is 4.79 Å². The summed E-state index contributed by atoms with van der Waals surface area (Å²) in [5.74, 6) is -2.18. The molecule has 0 heterocycles. The summed E-state index contributed by atoms with van der Waals surface area (Å²) in [6.45, 7) is 1.23. The summed E-state index contributed by atoms with van der Waals surface area (Å²) < 4.78 is 43.1. The molecule has 1 rings (SSSR count). The zero-order chi connectivity index (χ0) is 14.5. The summed E-state index contributed by atoms with van der Waals surface area (Å²) in [7, 11) is 1.07. The second kappa shape index (κ2) is 6.56. The average Bonchev–Trinajstić information content (AvgIpc) is 2.37. The van der Waals surface area contributed by atoms with Gasteiger partial charge in [-0.25, -0.2) is 0 Å². The highest BCUT2D eigenvalue weighted by Crippen LogP contribution is 2.26. The molecule has 0 unspecified atom stereocenters. The van der Waals surface area contributed by atoms with Crippen LogP contribution in [0.15, 0.2) is 30.3 Å². The molecule has 0 saturated heterocycles. The molecule has 2 atom stereocenters. The Bertz CT molecular complexity index is 406. The molecule has 0 aromatic heterocycles. The molecule has 19 heavy (non-hydrogen) atoms. The molecular formula is C13H16F3NO2. The number of ether oxygens (including phenoxy) is 1. The van der Waals surface area contributed by atoms with Crippen LogP contribution in [0.2, 0.25) is 0 Å². The Kier molecular flexibility index (Phi) is 5.35. The molecule has 106 valence electrons.